The lowest BCUT2D eigenvalue weighted by Crippen LogP contribution is -2.37. The van der Waals surface area contributed by atoms with Crippen molar-refractivity contribution >= 4 is 48.6 Å². The summed E-state index contributed by atoms with van der Waals surface area (Å²) in [6.07, 6.45) is 3.24. The van der Waals surface area contributed by atoms with Gasteiger partial charge in [0.1, 0.15) is 11.4 Å². The molecule has 1 atom stereocenters. The van der Waals surface area contributed by atoms with Crippen molar-refractivity contribution in [2.24, 2.45) is 0 Å². The predicted octanol–water partition coefficient (Wildman–Crippen LogP) is 2.38. The topological polar surface area (TPSA) is 90.0 Å². The Morgan fingerprint density at radius 3 is 2.34 bits per heavy atom. The molecule has 2 aromatic rings. The molecule has 0 bridgehead atoms. The van der Waals surface area contributed by atoms with Gasteiger partial charge in [-0.05, 0) is 69.6 Å². The Kier molecular flexibility index (Phi) is 5.95. The molecule has 2 aromatic carbocycles. The number of sulfonamides is 1. The normalized spacial score (nSPS) is 20.3. The number of hydrogen-bond donors (Lipinski definition) is 1. The van der Waals surface area contributed by atoms with E-state index >= 15 is 0 Å². The van der Waals surface area contributed by atoms with Crippen LogP contribution in [0, 0.1) is 0 Å². The van der Waals surface area contributed by atoms with E-state index in [-0.39, 0.29) is 17.1 Å². The second-order valence-electron chi connectivity index (χ2n) is 8.21. The predicted molar refractivity (Wildman–Crippen MR) is 129 cm³/mol. The van der Waals surface area contributed by atoms with Gasteiger partial charge in [-0.25, -0.2) is 16.9 Å². The van der Waals surface area contributed by atoms with Gasteiger partial charge in [-0.2, -0.15) is 0 Å². The average molecular weight is 477 g/mol. The molecule has 0 aromatic heterocycles. The van der Waals surface area contributed by atoms with E-state index in [4.69, 9.17) is 0 Å². The van der Waals surface area contributed by atoms with Gasteiger partial charge in [0.2, 0.25) is 5.91 Å². The highest BCUT2D eigenvalue weighted by atomic mass is 32.2. The summed E-state index contributed by atoms with van der Waals surface area (Å²) < 4.78 is 43.0. The first-order chi connectivity index (χ1) is 15.1. The molecule has 0 spiro atoms. The summed E-state index contributed by atoms with van der Waals surface area (Å²) in [5.41, 5.74) is 1.40. The van der Waals surface area contributed by atoms with Crippen LogP contribution in [0.15, 0.2) is 52.3 Å². The van der Waals surface area contributed by atoms with Crippen molar-refractivity contribution in [3.8, 4) is 0 Å². The van der Waals surface area contributed by atoms with Gasteiger partial charge in [-0.3, -0.25) is 9.10 Å². The van der Waals surface area contributed by atoms with E-state index in [1.807, 2.05) is 12.1 Å². The highest BCUT2D eigenvalue weighted by Crippen LogP contribution is 2.38. The molecule has 1 saturated heterocycles. The molecule has 0 radical (unpaired) electrons. The molecule has 0 aliphatic carbocycles. The van der Waals surface area contributed by atoms with E-state index in [0.29, 0.717) is 10.6 Å². The zero-order valence-corrected chi connectivity index (χ0v) is 19.9. The first-order valence-corrected chi connectivity index (χ1v) is 13.6. The monoisotopic (exact) mass is 476 g/mol. The van der Waals surface area contributed by atoms with Gasteiger partial charge in [0.15, 0.2) is 0 Å². The molecule has 1 N–H and O–H groups in total. The number of amides is 1. The molecule has 172 valence electrons. The van der Waals surface area contributed by atoms with E-state index < -0.39 is 25.6 Å². The van der Waals surface area contributed by atoms with Crippen LogP contribution in [-0.2, 0) is 24.5 Å². The number of carbonyl (C=O) groups excluding carboxylic acids is 1. The number of nitrogens with zero attached hydrogens (tertiary/aromatic N) is 3. The van der Waals surface area contributed by atoms with Gasteiger partial charge in [-0.15, -0.1) is 0 Å². The van der Waals surface area contributed by atoms with Gasteiger partial charge in [0, 0.05) is 18.0 Å². The Balaban J connectivity index is 1.83. The Hall–Kier alpha value is -2.56. The smallest absolute Gasteiger partial charge is 0.266 e. The Morgan fingerprint density at radius 2 is 1.69 bits per heavy atom. The molecule has 4 rings (SSSR count). The lowest BCUT2D eigenvalue weighted by Gasteiger charge is -2.33. The minimum Gasteiger partial charge on any atom is -0.370 e. The highest BCUT2D eigenvalue weighted by molar-refractivity contribution is 7.98. The van der Waals surface area contributed by atoms with Crippen molar-refractivity contribution < 1.29 is 17.4 Å². The maximum absolute atomic E-state index is 13.7. The lowest BCUT2D eigenvalue weighted by molar-refractivity contribution is -0.114. The third-order valence-electron chi connectivity index (χ3n) is 5.89. The van der Waals surface area contributed by atoms with Crippen LogP contribution in [0.25, 0.3) is 0 Å². The van der Waals surface area contributed by atoms with Gasteiger partial charge >= 0.3 is 0 Å². The zero-order valence-electron chi connectivity index (χ0n) is 18.3. The van der Waals surface area contributed by atoms with Crippen LogP contribution in [-0.4, -0.2) is 62.4 Å². The van der Waals surface area contributed by atoms with Crippen LogP contribution < -0.4 is 14.5 Å². The van der Waals surface area contributed by atoms with Crippen LogP contribution in [0.3, 0.4) is 0 Å². The molecular weight excluding hydrogens is 448 g/mol. The summed E-state index contributed by atoms with van der Waals surface area (Å²) in [5.74, 6) is 3.31. The molecule has 8 nitrogen and oxygen atoms in total. The minimum absolute atomic E-state index is 0.0329. The molecule has 1 fully saturated rings. The van der Waals surface area contributed by atoms with Crippen molar-refractivity contribution in [3.63, 3.8) is 0 Å². The SMILES string of the molecule is C=S(=O)(c1ccc2c(c1)NC(=O)CN(c1ccccc1N1CCCCC1)S2(=O)=O)N(C)C. The van der Waals surface area contributed by atoms with Crippen LogP contribution in [0.1, 0.15) is 19.3 Å². The third kappa shape index (κ3) is 3.98. The first-order valence-electron chi connectivity index (χ1n) is 10.5. The van der Waals surface area contributed by atoms with Crippen LogP contribution in [0.5, 0.6) is 0 Å². The summed E-state index contributed by atoms with van der Waals surface area (Å²) in [6.45, 7) is 1.35. The maximum Gasteiger partial charge on any atom is 0.266 e. The van der Waals surface area contributed by atoms with E-state index in [1.165, 1.54) is 26.8 Å². The fourth-order valence-corrected chi connectivity index (χ4v) is 6.63. The Bertz CT molecular complexity index is 1250. The summed E-state index contributed by atoms with van der Waals surface area (Å²) in [4.78, 5) is 15.3. The molecule has 2 heterocycles. The van der Waals surface area contributed by atoms with Crippen LogP contribution in [0.2, 0.25) is 0 Å². The quantitative estimate of drug-likeness (QED) is 0.685. The third-order valence-corrected chi connectivity index (χ3v) is 9.87. The van der Waals surface area contributed by atoms with Crippen molar-refractivity contribution in [1.82, 2.24) is 4.31 Å². The molecule has 0 saturated carbocycles. The lowest BCUT2D eigenvalue weighted by atomic mass is 10.1. The number of carbonyl (C=O) groups is 1. The van der Waals surface area contributed by atoms with E-state index in [0.717, 1.165) is 38.0 Å². The number of rotatable bonds is 4. The summed E-state index contributed by atoms with van der Waals surface area (Å²) in [5, 5.41) is 2.68. The van der Waals surface area contributed by atoms with Gasteiger partial charge in [0.05, 0.1) is 26.8 Å². The van der Waals surface area contributed by atoms with E-state index in [2.05, 4.69) is 16.1 Å². The summed E-state index contributed by atoms with van der Waals surface area (Å²) >= 11 is 0. The van der Waals surface area contributed by atoms with Crippen LogP contribution in [0.4, 0.5) is 17.1 Å². The molecule has 1 unspecified atom stereocenters. The Morgan fingerprint density at radius 1 is 1.03 bits per heavy atom. The number of nitrogens with one attached hydrogen (secondary N) is 1. The fourth-order valence-electron chi connectivity index (χ4n) is 4.06. The average Bonchev–Trinajstić information content (AvgIpc) is 2.87. The number of hydrogen-bond acceptors (Lipinski definition) is 5. The van der Waals surface area contributed by atoms with Crippen molar-refractivity contribution in [3.05, 3.63) is 42.5 Å². The highest BCUT2D eigenvalue weighted by Gasteiger charge is 2.35. The van der Waals surface area contributed by atoms with Crippen LogP contribution >= 0.6 is 0 Å². The zero-order chi connectivity index (χ0) is 23.1. The number of fused-ring (bicyclic) bond motifs is 1. The second kappa shape index (κ2) is 8.42. The van der Waals surface area contributed by atoms with E-state index in [9.17, 15) is 17.4 Å². The van der Waals surface area contributed by atoms with Crippen molar-refractivity contribution in [2.75, 3.05) is 48.3 Å². The molecular formula is C22H28N4O4S2. The number of piperidine rings is 1. The van der Waals surface area contributed by atoms with Gasteiger partial charge in [0.25, 0.3) is 10.0 Å². The molecule has 2 aliphatic rings. The van der Waals surface area contributed by atoms with E-state index in [1.54, 1.807) is 26.2 Å². The minimum atomic E-state index is -4.05. The van der Waals surface area contributed by atoms with Gasteiger partial charge < -0.3 is 10.2 Å². The second-order valence-corrected chi connectivity index (χ2v) is 12.5. The summed E-state index contributed by atoms with van der Waals surface area (Å²) in [6, 6.07) is 11.6. The molecule has 10 heteroatoms. The maximum atomic E-state index is 13.7. The van der Waals surface area contributed by atoms with Crippen molar-refractivity contribution in [1.29, 1.82) is 0 Å². The number of para-hydroxylation sites is 2. The standard InChI is InChI=1S/C22H28N4O4S2/c1-24(2)31(3,28)17-11-12-21-18(15-17)23-22(27)16-26(32(21,29)30)20-10-6-5-9-19(20)25-13-7-4-8-14-25/h5-6,9-12,15H,3-4,7-8,13-14,16H2,1-2H3,(H,23,27). The fraction of sp³-hybridized carbons (Fsp3) is 0.364. The largest absolute Gasteiger partial charge is 0.370 e. The number of benzene rings is 2. The Labute approximate surface area is 190 Å². The van der Waals surface area contributed by atoms with Crippen molar-refractivity contribution in [2.45, 2.75) is 29.1 Å². The summed E-state index contributed by atoms with van der Waals surface area (Å²) in [7, 11) is -3.58. The number of anilines is 3. The molecule has 1 amide bonds. The molecule has 2 aliphatic heterocycles. The molecule has 32 heavy (non-hydrogen) atoms. The first kappa shape index (κ1) is 22.6. The van der Waals surface area contributed by atoms with Gasteiger partial charge in [-0.1, -0.05) is 12.1 Å².